The molecule has 1 aromatic heterocycles. The van der Waals surface area contributed by atoms with Crippen LogP contribution >= 0.6 is 0 Å². The molecule has 0 saturated carbocycles. The lowest BCUT2D eigenvalue weighted by molar-refractivity contribution is 1.07. The van der Waals surface area contributed by atoms with Gasteiger partial charge in [0, 0.05) is 27.8 Å². The normalized spacial score (nSPS) is 11.3. The van der Waals surface area contributed by atoms with E-state index in [0.717, 1.165) is 50.1 Å². The summed E-state index contributed by atoms with van der Waals surface area (Å²) in [6, 6.07) is 65.0. The standard InChI is InChI=1S/C50H30N4/c51-31-46-36(34-18-11-19-35(30-34)50-53-48(32-14-3-1-4-15-32)52-49(54-50)33-16-5-2-6-17-33)24-12-25-41(46)37-20-7-8-21-38(37)42-28-29-45-40-23-10-9-22-39(40)43-26-13-27-44(42)47(43)45/h1-30H. The average molecular weight is 687 g/mol. The lowest BCUT2D eigenvalue weighted by Gasteiger charge is -2.16. The number of hydrogen-bond acceptors (Lipinski definition) is 4. The number of rotatable bonds is 6. The van der Waals surface area contributed by atoms with Crippen molar-refractivity contribution in [2.24, 2.45) is 0 Å². The molecule has 0 saturated heterocycles. The molecule has 4 heteroatoms. The van der Waals surface area contributed by atoms with E-state index >= 15 is 0 Å². The fourth-order valence-corrected chi connectivity index (χ4v) is 7.90. The van der Waals surface area contributed by atoms with Gasteiger partial charge in [0.1, 0.15) is 6.07 Å². The SMILES string of the molecule is N#Cc1c(-c2cccc(-c3nc(-c4ccccc4)nc(-c4ccccc4)n3)c2)cccc1-c1ccccc1-c1ccc2c3c(cccc13)-c1ccccc1-2. The van der Waals surface area contributed by atoms with Gasteiger partial charge in [0.25, 0.3) is 0 Å². The van der Waals surface area contributed by atoms with Crippen molar-refractivity contribution in [3.8, 4) is 95.9 Å². The van der Waals surface area contributed by atoms with Gasteiger partial charge in [-0.3, -0.25) is 0 Å². The van der Waals surface area contributed by atoms with Crippen molar-refractivity contribution in [1.29, 1.82) is 5.26 Å². The maximum Gasteiger partial charge on any atom is 0.164 e. The van der Waals surface area contributed by atoms with Crippen LogP contribution in [0.4, 0.5) is 0 Å². The Morgan fingerprint density at radius 1 is 0.315 bits per heavy atom. The maximum absolute atomic E-state index is 10.9. The van der Waals surface area contributed by atoms with E-state index in [4.69, 9.17) is 15.0 Å². The monoisotopic (exact) mass is 686 g/mol. The van der Waals surface area contributed by atoms with Gasteiger partial charge in [-0.05, 0) is 61.3 Å². The Hall–Kier alpha value is -7.48. The van der Waals surface area contributed by atoms with Crippen molar-refractivity contribution in [1.82, 2.24) is 15.0 Å². The van der Waals surface area contributed by atoms with Crippen molar-refractivity contribution < 1.29 is 0 Å². The van der Waals surface area contributed by atoms with Gasteiger partial charge in [0.15, 0.2) is 17.5 Å². The highest BCUT2D eigenvalue weighted by atomic mass is 15.0. The fraction of sp³-hybridized carbons (Fsp3) is 0. The summed E-state index contributed by atoms with van der Waals surface area (Å²) in [7, 11) is 0. The van der Waals surface area contributed by atoms with Crippen molar-refractivity contribution in [2.45, 2.75) is 0 Å². The van der Waals surface area contributed by atoms with Crippen molar-refractivity contribution >= 4 is 10.8 Å². The van der Waals surface area contributed by atoms with Crippen molar-refractivity contribution in [3.63, 3.8) is 0 Å². The molecule has 0 aliphatic heterocycles. The third-order valence-electron chi connectivity index (χ3n) is 10.4. The highest BCUT2D eigenvalue weighted by molar-refractivity contribution is 6.19. The van der Waals surface area contributed by atoms with Gasteiger partial charge in [-0.2, -0.15) is 5.26 Å². The van der Waals surface area contributed by atoms with Gasteiger partial charge in [0.05, 0.1) is 5.56 Å². The van der Waals surface area contributed by atoms with E-state index in [-0.39, 0.29) is 0 Å². The molecule has 0 unspecified atom stereocenters. The number of fused-ring (bicyclic) bond motifs is 3. The molecule has 1 heterocycles. The van der Waals surface area contributed by atoms with Crippen LogP contribution in [0.3, 0.4) is 0 Å². The molecule has 0 bridgehead atoms. The number of nitrogens with zero attached hydrogens (tertiary/aromatic N) is 4. The zero-order valence-electron chi connectivity index (χ0n) is 29.1. The predicted molar refractivity (Wildman–Crippen MR) is 219 cm³/mol. The zero-order valence-corrected chi connectivity index (χ0v) is 29.1. The van der Waals surface area contributed by atoms with Gasteiger partial charge >= 0.3 is 0 Å². The second-order valence-corrected chi connectivity index (χ2v) is 13.4. The minimum Gasteiger partial charge on any atom is -0.208 e. The number of benzene rings is 8. The van der Waals surface area contributed by atoms with Crippen molar-refractivity contribution in [3.05, 3.63) is 188 Å². The minimum absolute atomic E-state index is 0.568. The van der Waals surface area contributed by atoms with Crippen LogP contribution in [0.2, 0.25) is 0 Å². The lowest BCUT2D eigenvalue weighted by atomic mass is 9.86. The maximum atomic E-state index is 10.9. The zero-order chi connectivity index (χ0) is 36.0. The fourth-order valence-electron chi connectivity index (χ4n) is 7.90. The van der Waals surface area contributed by atoms with Crippen LogP contribution in [0, 0.1) is 11.3 Å². The van der Waals surface area contributed by atoms with Gasteiger partial charge in [-0.1, -0.05) is 176 Å². The molecule has 0 amide bonds. The molecule has 0 atom stereocenters. The predicted octanol–water partition coefficient (Wildman–Crippen LogP) is 12.5. The van der Waals surface area contributed by atoms with Gasteiger partial charge < -0.3 is 0 Å². The largest absolute Gasteiger partial charge is 0.208 e. The molecular weight excluding hydrogens is 657 g/mol. The number of hydrogen-bond donors (Lipinski definition) is 0. The Labute approximate surface area is 313 Å². The van der Waals surface area contributed by atoms with Crippen LogP contribution < -0.4 is 0 Å². The molecule has 10 rings (SSSR count). The first-order valence-electron chi connectivity index (χ1n) is 18.0. The second kappa shape index (κ2) is 12.9. The Morgan fingerprint density at radius 3 is 1.35 bits per heavy atom. The summed E-state index contributed by atoms with van der Waals surface area (Å²) in [6.45, 7) is 0. The van der Waals surface area contributed by atoms with E-state index in [9.17, 15) is 5.26 Å². The van der Waals surface area contributed by atoms with Gasteiger partial charge in [-0.25, -0.2) is 15.0 Å². The van der Waals surface area contributed by atoms with Crippen LogP contribution in [0.15, 0.2) is 182 Å². The highest BCUT2D eigenvalue weighted by Gasteiger charge is 2.24. The summed E-state index contributed by atoms with van der Waals surface area (Å²) in [5.74, 6) is 1.78. The van der Waals surface area contributed by atoms with Gasteiger partial charge in [-0.15, -0.1) is 0 Å². The molecule has 54 heavy (non-hydrogen) atoms. The molecule has 9 aromatic rings. The summed E-state index contributed by atoms with van der Waals surface area (Å²) in [6.07, 6.45) is 0. The van der Waals surface area contributed by atoms with Crippen LogP contribution in [0.1, 0.15) is 5.56 Å². The summed E-state index contributed by atoms with van der Waals surface area (Å²) in [5, 5.41) is 13.4. The first-order valence-corrected chi connectivity index (χ1v) is 18.0. The Balaban J connectivity index is 1.10. The summed E-state index contributed by atoms with van der Waals surface area (Å²) in [4.78, 5) is 14.8. The summed E-state index contributed by atoms with van der Waals surface area (Å²) in [5.41, 5.74) is 14.3. The van der Waals surface area contributed by atoms with E-state index < -0.39 is 0 Å². The first kappa shape index (κ1) is 31.3. The van der Waals surface area contributed by atoms with E-state index in [0.29, 0.717) is 23.0 Å². The average Bonchev–Trinajstić information content (AvgIpc) is 3.58. The topological polar surface area (TPSA) is 62.5 Å². The molecule has 0 radical (unpaired) electrons. The van der Waals surface area contributed by atoms with E-state index in [1.165, 1.54) is 33.0 Å². The first-order chi connectivity index (χ1) is 26.7. The molecule has 4 nitrogen and oxygen atoms in total. The third-order valence-corrected chi connectivity index (χ3v) is 10.4. The lowest BCUT2D eigenvalue weighted by Crippen LogP contribution is -2.00. The Bertz CT molecular complexity index is 2860. The van der Waals surface area contributed by atoms with Gasteiger partial charge in [0.2, 0.25) is 0 Å². The van der Waals surface area contributed by atoms with Crippen LogP contribution in [0.25, 0.3) is 101 Å². The summed E-state index contributed by atoms with van der Waals surface area (Å²) >= 11 is 0. The van der Waals surface area contributed by atoms with E-state index in [1.807, 2.05) is 91.0 Å². The molecule has 250 valence electrons. The smallest absolute Gasteiger partial charge is 0.164 e. The van der Waals surface area contributed by atoms with E-state index in [2.05, 4.69) is 97.1 Å². The molecule has 0 fully saturated rings. The Kier molecular flexibility index (Phi) is 7.49. The number of nitriles is 1. The minimum atomic E-state index is 0.568. The highest BCUT2D eigenvalue weighted by Crippen LogP contribution is 2.50. The molecule has 1 aliphatic rings. The molecular formula is C50H30N4. The van der Waals surface area contributed by atoms with Crippen LogP contribution in [-0.4, -0.2) is 15.0 Å². The van der Waals surface area contributed by atoms with Crippen molar-refractivity contribution in [2.75, 3.05) is 0 Å². The molecule has 0 N–H and O–H groups in total. The second-order valence-electron chi connectivity index (χ2n) is 13.4. The Morgan fingerprint density at radius 2 is 0.722 bits per heavy atom. The quantitative estimate of drug-likeness (QED) is 0.175. The molecule has 8 aromatic carbocycles. The third kappa shape index (κ3) is 5.19. The van der Waals surface area contributed by atoms with Crippen LogP contribution in [-0.2, 0) is 0 Å². The van der Waals surface area contributed by atoms with E-state index in [1.54, 1.807) is 0 Å². The molecule has 0 spiro atoms. The molecule has 1 aliphatic carbocycles. The van der Waals surface area contributed by atoms with Crippen LogP contribution in [0.5, 0.6) is 0 Å². The number of aromatic nitrogens is 3. The summed E-state index contributed by atoms with van der Waals surface area (Å²) < 4.78 is 0.